The van der Waals surface area contributed by atoms with E-state index in [0.29, 0.717) is 24.6 Å². The van der Waals surface area contributed by atoms with E-state index in [1.54, 1.807) is 12.1 Å². The van der Waals surface area contributed by atoms with Crippen molar-refractivity contribution in [1.29, 1.82) is 0 Å². The summed E-state index contributed by atoms with van der Waals surface area (Å²) < 4.78 is 5.46. The molecule has 2 rings (SSSR count). The van der Waals surface area contributed by atoms with E-state index in [-0.39, 0.29) is 12.6 Å². The molecule has 0 fully saturated rings. The van der Waals surface area contributed by atoms with Crippen LogP contribution in [-0.4, -0.2) is 17.7 Å². The maximum atomic E-state index is 12.0. The highest BCUT2D eigenvalue weighted by atomic mass is 16.5. The van der Waals surface area contributed by atoms with Gasteiger partial charge in [0.1, 0.15) is 5.75 Å². The lowest BCUT2D eigenvalue weighted by atomic mass is 10.1. The van der Waals surface area contributed by atoms with Gasteiger partial charge >= 0.3 is 6.03 Å². The molecule has 0 bridgehead atoms. The molecular formula is C17H20N2O3. The molecule has 0 aromatic heterocycles. The van der Waals surface area contributed by atoms with Crippen LogP contribution < -0.4 is 15.4 Å². The van der Waals surface area contributed by atoms with Gasteiger partial charge < -0.3 is 20.5 Å². The maximum absolute atomic E-state index is 12.0. The van der Waals surface area contributed by atoms with Gasteiger partial charge in [-0.3, -0.25) is 0 Å². The average Bonchev–Trinajstić information content (AvgIpc) is 2.55. The van der Waals surface area contributed by atoms with Crippen molar-refractivity contribution in [2.24, 2.45) is 0 Å². The number of urea groups is 1. The number of rotatable bonds is 6. The molecule has 0 aliphatic heterocycles. The highest BCUT2D eigenvalue weighted by molar-refractivity contribution is 5.90. The smallest absolute Gasteiger partial charge is 0.319 e. The highest BCUT2D eigenvalue weighted by Crippen LogP contribution is 2.23. The van der Waals surface area contributed by atoms with E-state index in [2.05, 4.69) is 10.6 Å². The van der Waals surface area contributed by atoms with Crippen LogP contribution in [0.1, 0.15) is 18.1 Å². The number of hydrogen-bond acceptors (Lipinski definition) is 3. The number of aliphatic hydroxyl groups is 1. The molecule has 0 unspecified atom stereocenters. The fourth-order valence-electron chi connectivity index (χ4n) is 2.08. The quantitative estimate of drug-likeness (QED) is 0.768. The molecule has 116 valence electrons. The molecule has 0 saturated carbocycles. The summed E-state index contributed by atoms with van der Waals surface area (Å²) in [6.07, 6.45) is 0. The Kier molecular flexibility index (Phi) is 5.80. The summed E-state index contributed by atoms with van der Waals surface area (Å²) in [4.78, 5) is 12.0. The normalized spacial score (nSPS) is 10.1. The van der Waals surface area contributed by atoms with Crippen molar-refractivity contribution in [2.45, 2.75) is 20.1 Å². The Morgan fingerprint density at radius 2 is 1.77 bits per heavy atom. The third-order valence-electron chi connectivity index (χ3n) is 3.16. The first kappa shape index (κ1) is 15.9. The molecule has 3 N–H and O–H groups in total. The number of carbonyl (C=O) groups is 1. The van der Waals surface area contributed by atoms with E-state index in [1.807, 2.05) is 43.3 Å². The molecule has 5 heteroatoms. The van der Waals surface area contributed by atoms with Gasteiger partial charge in [0.25, 0.3) is 0 Å². The zero-order valence-electron chi connectivity index (χ0n) is 12.5. The van der Waals surface area contributed by atoms with E-state index >= 15 is 0 Å². The minimum Gasteiger partial charge on any atom is -0.492 e. The molecule has 0 spiro atoms. The summed E-state index contributed by atoms with van der Waals surface area (Å²) >= 11 is 0. The average molecular weight is 300 g/mol. The van der Waals surface area contributed by atoms with Crippen LogP contribution in [0.5, 0.6) is 5.75 Å². The standard InChI is InChI=1S/C17H20N2O3/c1-2-22-16-10-6-5-9-15(16)19-17(21)18-11-13-7-3-4-8-14(13)12-20/h3-10,20H,2,11-12H2,1H3,(H2,18,19,21). The van der Waals surface area contributed by atoms with Crippen LogP contribution in [0.25, 0.3) is 0 Å². The zero-order chi connectivity index (χ0) is 15.8. The Bertz CT molecular complexity index is 629. The van der Waals surface area contributed by atoms with Crippen molar-refractivity contribution in [3.63, 3.8) is 0 Å². The number of para-hydroxylation sites is 2. The number of carbonyl (C=O) groups excluding carboxylic acids is 1. The van der Waals surface area contributed by atoms with E-state index < -0.39 is 0 Å². The molecule has 2 amide bonds. The van der Waals surface area contributed by atoms with Crippen molar-refractivity contribution < 1.29 is 14.6 Å². The van der Waals surface area contributed by atoms with Crippen LogP contribution in [-0.2, 0) is 13.2 Å². The predicted molar refractivity (Wildman–Crippen MR) is 85.8 cm³/mol. The minimum atomic E-state index is -0.320. The van der Waals surface area contributed by atoms with Gasteiger partial charge in [-0.2, -0.15) is 0 Å². The van der Waals surface area contributed by atoms with Crippen LogP contribution in [0.15, 0.2) is 48.5 Å². The van der Waals surface area contributed by atoms with Gasteiger partial charge in [0.15, 0.2) is 0 Å². The molecule has 2 aromatic rings. The number of ether oxygens (including phenoxy) is 1. The van der Waals surface area contributed by atoms with Crippen LogP contribution in [0.3, 0.4) is 0 Å². The molecule has 0 radical (unpaired) electrons. The first-order chi connectivity index (χ1) is 10.7. The second-order valence-electron chi connectivity index (χ2n) is 4.66. The van der Waals surface area contributed by atoms with Gasteiger partial charge in [0.2, 0.25) is 0 Å². The molecule has 22 heavy (non-hydrogen) atoms. The SMILES string of the molecule is CCOc1ccccc1NC(=O)NCc1ccccc1CO. The second kappa shape index (κ2) is 8.05. The number of hydrogen-bond donors (Lipinski definition) is 3. The van der Waals surface area contributed by atoms with Gasteiger partial charge in [-0.25, -0.2) is 4.79 Å². The van der Waals surface area contributed by atoms with Gasteiger partial charge in [-0.15, -0.1) is 0 Å². The summed E-state index contributed by atoms with van der Waals surface area (Å²) in [5.74, 6) is 0.635. The van der Waals surface area contributed by atoms with Gasteiger partial charge in [-0.1, -0.05) is 36.4 Å². The Hall–Kier alpha value is -2.53. The Morgan fingerprint density at radius 3 is 2.50 bits per heavy atom. The largest absolute Gasteiger partial charge is 0.492 e. The van der Waals surface area contributed by atoms with Crippen LogP contribution >= 0.6 is 0 Å². The van der Waals surface area contributed by atoms with Gasteiger partial charge in [0.05, 0.1) is 18.9 Å². The van der Waals surface area contributed by atoms with Crippen LogP contribution in [0, 0.1) is 0 Å². The van der Waals surface area contributed by atoms with Crippen molar-refractivity contribution in [3.8, 4) is 5.75 Å². The number of benzene rings is 2. The van der Waals surface area contributed by atoms with Gasteiger partial charge in [0, 0.05) is 6.54 Å². The Balaban J connectivity index is 1.96. The highest BCUT2D eigenvalue weighted by Gasteiger charge is 2.07. The molecule has 0 aliphatic rings. The second-order valence-corrected chi connectivity index (χ2v) is 4.66. The summed E-state index contributed by atoms with van der Waals surface area (Å²) in [6, 6.07) is 14.4. The van der Waals surface area contributed by atoms with Crippen molar-refractivity contribution in [2.75, 3.05) is 11.9 Å². The lowest BCUT2D eigenvalue weighted by Crippen LogP contribution is -2.28. The fourth-order valence-corrected chi connectivity index (χ4v) is 2.08. The number of aliphatic hydroxyl groups excluding tert-OH is 1. The van der Waals surface area contributed by atoms with Crippen molar-refractivity contribution in [1.82, 2.24) is 5.32 Å². The van der Waals surface area contributed by atoms with Gasteiger partial charge in [-0.05, 0) is 30.2 Å². The summed E-state index contributed by atoms with van der Waals surface area (Å²) in [5.41, 5.74) is 2.31. The Morgan fingerprint density at radius 1 is 1.09 bits per heavy atom. The zero-order valence-corrected chi connectivity index (χ0v) is 12.5. The molecule has 5 nitrogen and oxygen atoms in total. The monoisotopic (exact) mass is 300 g/mol. The lowest BCUT2D eigenvalue weighted by molar-refractivity contribution is 0.251. The number of anilines is 1. The Labute approximate surface area is 129 Å². The van der Waals surface area contributed by atoms with E-state index in [9.17, 15) is 9.90 Å². The van der Waals surface area contributed by atoms with Crippen LogP contribution in [0.4, 0.5) is 10.5 Å². The van der Waals surface area contributed by atoms with Crippen LogP contribution in [0.2, 0.25) is 0 Å². The first-order valence-corrected chi connectivity index (χ1v) is 7.19. The van der Waals surface area contributed by atoms with E-state index in [1.165, 1.54) is 0 Å². The molecule has 2 aromatic carbocycles. The van der Waals surface area contributed by atoms with E-state index in [0.717, 1.165) is 11.1 Å². The number of nitrogens with one attached hydrogen (secondary N) is 2. The third kappa shape index (κ3) is 4.23. The van der Waals surface area contributed by atoms with Crippen molar-refractivity contribution >= 4 is 11.7 Å². The third-order valence-corrected chi connectivity index (χ3v) is 3.16. The molecular weight excluding hydrogens is 280 g/mol. The molecule has 0 aliphatic carbocycles. The number of amides is 2. The lowest BCUT2D eigenvalue weighted by Gasteiger charge is -2.13. The predicted octanol–water partition coefficient (Wildman–Crippen LogP) is 2.90. The molecule has 0 saturated heterocycles. The summed E-state index contributed by atoms with van der Waals surface area (Å²) in [5, 5.41) is 14.8. The van der Waals surface area contributed by atoms with Crippen molar-refractivity contribution in [3.05, 3.63) is 59.7 Å². The summed E-state index contributed by atoms with van der Waals surface area (Å²) in [6.45, 7) is 2.72. The molecule has 0 heterocycles. The first-order valence-electron chi connectivity index (χ1n) is 7.19. The maximum Gasteiger partial charge on any atom is 0.319 e. The van der Waals surface area contributed by atoms with E-state index in [4.69, 9.17) is 4.74 Å². The fraction of sp³-hybridized carbons (Fsp3) is 0.235. The topological polar surface area (TPSA) is 70.6 Å². The summed E-state index contributed by atoms with van der Waals surface area (Å²) in [7, 11) is 0. The molecule has 0 atom stereocenters. The minimum absolute atomic E-state index is 0.0490.